The number of nitrogens with one attached hydrogen (secondary N) is 1. The highest BCUT2D eigenvalue weighted by Crippen LogP contribution is 2.23. The van der Waals surface area contributed by atoms with Gasteiger partial charge in [-0.25, -0.2) is 8.78 Å². The van der Waals surface area contributed by atoms with Crippen molar-refractivity contribution in [2.24, 2.45) is 5.92 Å². The maximum Gasteiger partial charge on any atom is 0.126 e. The van der Waals surface area contributed by atoms with Crippen LogP contribution in [0.3, 0.4) is 0 Å². The molecular weight excluding hydrogens is 292 g/mol. The van der Waals surface area contributed by atoms with E-state index in [0.29, 0.717) is 30.0 Å². The lowest BCUT2D eigenvalue weighted by Gasteiger charge is -2.18. The minimum atomic E-state index is -0.302. The summed E-state index contributed by atoms with van der Waals surface area (Å²) in [7, 11) is 1.85. The van der Waals surface area contributed by atoms with Crippen molar-refractivity contribution >= 4 is 11.6 Å². The van der Waals surface area contributed by atoms with Gasteiger partial charge in [0, 0.05) is 5.02 Å². The van der Waals surface area contributed by atoms with Crippen LogP contribution in [-0.2, 0) is 12.8 Å². The first-order chi connectivity index (χ1) is 10.1. The van der Waals surface area contributed by atoms with Crippen LogP contribution in [0.2, 0.25) is 5.02 Å². The summed E-state index contributed by atoms with van der Waals surface area (Å²) in [5, 5.41) is 3.65. The third kappa shape index (κ3) is 4.51. The van der Waals surface area contributed by atoms with E-state index >= 15 is 0 Å². The van der Waals surface area contributed by atoms with Gasteiger partial charge in [-0.1, -0.05) is 29.8 Å². The molecule has 1 N–H and O–H groups in total. The fourth-order valence-electron chi connectivity index (χ4n) is 2.49. The van der Waals surface area contributed by atoms with Crippen LogP contribution in [0.1, 0.15) is 11.1 Å². The van der Waals surface area contributed by atoms with Gasteiger partial charge in [0.25, 0.3) is 0 Å². The Kier molecular flexibility index (Phi) is 5.71. The first-order valence-corrected chi connectivity index (χ1v) is 7.30. The first-order valence-electron chi connectivity index (χ1n) is 6.92. The summed E-state index contributed by atoms with van der Waals surface area (Å²) >= 11 is 6.11. The Balaban J connectivity index is 2.16. The second kappa shape index (κ2) is 7.53. The Labute approximate surface area is 128 Å². The Morgan fingerprint density at radius 1 is 1.05 bits per heavy atom. The normalized spacial score (nSPS) is 12.4. The molecule has 0 aliphatic rings. The molecule has 0 bridgehead atoms. The average molecular weight is 310 g/mol. The minimum absolute atomic E-state index is 0.145. The predicted molar refractivity (Wildman–Crippen MR) is 82.6 cm³/mol. The fraction of sp³-hybridized carbons (Fsp3) is 0.294. The van der Waals surface area contributed by atoms with Crippen molar-refractivity contribution in [3.63, 3.8) is 0 Å². The van der Waals surface area contributed by atoms with Crippen LogP contribution in [0.25, 0.3) is 0 Å². The van der Waals surface area contributed by atoms with E-state index in [1.54, 1.807) is 18.2 Å². The molecular formula is C17H18ClF2N. The molecule has 21 heavy (non-hydrogen) atoms. The van der Waals surface area contributed by atoms with Crippen molar-refractivity contribution in [2.75, 3.05) is 13.6 Å². The third-order valence-corrected chi connectivity index (χ3v) is 3.84. The fourth-order valence-corrected chi connectivity index (χ4v) is 2.69. The zero-order valence-electron chi connectivity index (χ0n) is 11.9. The summed E-state index contributed by atoms with van der Waals surface area (Å²) < 4.78 is 27.1. The van der Waals surface area contributed by atoms with Crippen molar-refractivity contribution in [3.05, 3.63) is 70.2 Å². The highest BCUT2D eigenvalue weighted by Gasteiger charge is 2.14. The molecule has 2 aromatic rings. The molecule has 0 heterocycles. The number of rotatable bonds is 6. The summed E-state index contributed by atoms with van der Waals surface area (Å²) in [6.07, 6.45) is 1.19. The smallest absolute Gasteiger partial charge is 0.126 e. The van der Waals surface area contributed by atoms with Crippen molar-refractivity contribution in [1.82, 2.24) is 5.32 Å². The van der Waals surface area contributed by atoms with E-state index in [1.807, 2.05) is 13.1 Å². The Morgan fingerprint density at radius 2 is 1.76 bits per heavy atom. The molecule has 112 valence electrons. The molecule has 0 aliphatic heterocycles. The first kappa shape index (κ1) is 15.9. The van der Waals surface area contributed by atoms with Crippen LogP contribution < -0.4 is 5.32 Å². The zero-order chi connectivity index (χ0) is 15.2. The van der Waals surface area contributed by atoms with Crippen molar-refractivity contribution in [3.8, 4) is 0 Å². The van der Waals surface area contributed by atoms with Gasteiger partial charge < -0.3 is 5.32 Å². The molecule has 0 aromatic heterocycles. The van der Waals surface area contributed by atoms with E-state index in [2.05, 4.69) is 5.32 Å². The minimum Gasteiger partial charge on any atom is -0.319 e. The molecule has 4 heteroatoms. The van der Waals surface area contributed by atoms with Crippen LogP contribution in [-0.4, -0.2) is 13.6 Å². The second-order valence-corrected chi connectivity index (χ2v) is 5.57. The number of hydrogen-bond acceptors (Lipinski definition) is 1. The van der Waals surface area contributed by atoms with Crippen LogP contribution >= 0.6 is 11.6 Å². The Hall–Kier alpha value is -1.45. The summed E-state index contributed by atoms with van der Waals surface area (Å²) in [4.78, 5) is 0. The van der Waals surface area contributed by atoms with Gasteiger partial charge >= 0.3 is 0 Å². The largest absolute Gasteiger partial charge is 0.319 e. The van der Waals surface area contributed by atoms with Gasteiger partial charge in [0.05, 0.1) is 0 Å². The van der Waals surface area contributed by atoms with Crippen LogP contribution in [0, 0.1) is 17.6 Å². The van der Waals surface area contributed by atoms with E-state index in [1.165, 1.54) is 18.2 Å². The maximum absolute atomic E-state index is 13.8. The highest BCUT2D eigenvalue weighted by atomic mass is 35.5. The Bertz CT molecular complexity index is 601. The SMILES string of the molecule is CNCC(Cc1ccccc1F)Cc1cc(F)ccc1Cl. The van der Waals surface area contributed by atoms with Crippen molar-refractivity contribution in [2.45, 2.75) is 12.8 Å². The topological polar surface area (TPSA) is 12.0 Å². The molecule has 1 nitrogen and oxygen atoms in total. The molecule has 2 aromatic carbocycles. The lowest BCUT2D eigenvalue weighted by molar-refractivity contribution is 0.478. The average Bonchev–Trinajstić information content (AvgIpc) is 2.45. The molecule has 1 unspecified atom stereocenters. The predicted octanol–water partition coefficient (Wildman–Crippen LogP) is 4.24. The molecule has 0 fully saturated rings. The zero-order valence-corrected chi connectivity index (χ0v) is 12.6. The highest BCUT2D eigenvalue weighted by molar-refractivity contribution is 6.31. The van der Waals surface area contributed by atoms with E-state index in [9.17, 15) is 8.78 Å². The van der Waals surface area contributed by atoms with Gasteiger partial charge in [0.2, 0.25) is 0 Å². The van der Waals surface area contributed by atoms with E-state index in [0.717, 1.165) is 5.56 Å². The number of benzene rings is 2. The summed E-state index contributed by atoms with van der Waals surface area (Å²) in [6.45, 7) is 0.710. The van der Waals surface area contributed by atoms with Gasteiger partial charge in [-0.3, -0.25) is 0 Å². The quantitative estimate of drug-likeness (QED) is 0.841. The number of hydrogen-bond donors (Lipinski definition) is 1. The van der Waals surface area contributed by atoms with Crippen LogP contribution in [0.4, 0.5) is 8.78 Å². The van der Waals surface area contributed by atoms with E-state index in [-0.39, 0.29) is 17.6 Å². The van der Waals surface area contributed by atoms with Gasteiger partial charge in [-0.15, -0.1) is 0 Å². The summed E-state index contributed by atoms with van der Waals surface area (Å²) in [5.74, 6) is -0.362. The molecule has 0 radical (unpaired) electrons. The molecule has 0 amide bonds. The molecule has 1 atom stereocenters. The second-order valence-electron chi connectivity index (χ2n) is 5.16. The third-order valence-electron chi connectivity index (χ3n) is 3.48. The van der Waals surface area contributed by atoms with Crippen LogP contribution in [0.5, 0.6) is 0 Å². The molecule has 0 spiro atoms. The maximum atomic E-state index is 13.8. The summed E-state index contributed by atoms with van der Waals surface area (Å²) in [5.41, 5.74) is 1.43. The van der Waals surface area contributed by atoms with Crippen molar-refractivity contribution < 1.29 is 8.78 Å². The molecule has 0 saturated carbocycles. The number of halogens is 3. The van der Waals surface area contributed by atoms with Gasteiger partial charge in [0.15, 0.2) is 0 Å². The van der Waals surface area contributed by atoms with Crippen LogP contribution in [0.15, 0.2) is 42.5 Å². The molecule has 0 aliphatic carbocycles. The molecule has 0 saturated heterocycles. The monoisotopic (exact) mass is 309 g/mol. The lowest BCUT2D eigenvalue weighted by atomic mass is 9.92. The lowest BCUT2D eigenvalue weighted by Crippen LogP contribution is -2.23. The van der Waals surface area contributed by atoms with Gasteiger partial charge in [0.1, 0.15) is 11.6 Å². The van der Waals surface area contributed by atoms with Gasteiger partial charge in [-0.2, -0.15) is 0 Å². The molecule has 2 rings (SSSR count). The summed E-state index contributed by atoms with van der Waals surface area (Å²) in [6, 6.07) is 11.1. The van der Waals surface area contributed by atoms with E-state index < -0.39 is 0 Å². The Morgan fingerprint density at radius 3 is 2.48 bits per heavy atom. The van der Waals surface area contributed by atoms with Gasteiger partial charge in [-0.05, 0) is 67.7 Å². The standard InChI is InChI=1S/C17H18ClF2N/c1-21-11-12(8-13-4-2-3-5-17(13)20)9-14-10-15(19)6-7-16(14)18/h2-7,10,12,21H,8-9,11H2,1H3. The van der Waals surface area contributed by atoms with E-state index in [4.69, 9.17) is 11.6 Å². The van der Waals surface area contributed by atoms with Crippen molar-refractivity contribution in [1.29, 1.82) is 0 Å².